The summed E-state index contributed by atoms with van der Waals surface area (Å²) in [6.45, 7) is 4.56. The molecule has 1 atom stereocenters. The molecule has 1 unspecified atom stereocenters. The zero-order chi connectivity index (χ0) is 9.84. The lowest BCUT2D eigenvalue weighted by atomic mass is 10.2. The number of rotatable bonds is 3. The highest BCUT2D eigenvalue weighted by atomic mass is 32.1. The summed E-state index contributed by atoms with van der Waals surface area (Å²) in [6.07, 6.45) is 1.78. The first-order valence-electron chi connectivity index (χ1n) is 4.28. The average Bonchev–Trinajstić information content (AvgIpc) is 2.09. The van der Waals surface area contributed by atoms with E-state index in [0.717, 1.165) is 11.4 Å². The van der Waals surface area contributed by atoms with Crippen LogP contribution in [0.4, 0.5) is 0 Å². The van der Waals surface area contributed by atoms with Crippen LogP contribution in [0.2, 0.25) is 0 Å². The summed E-state index contributed by atoms with van der Waals surface area (Å²) >= 11 is 4.16. The minimum absolute atomic E-state index is 0.173. The van der Waals surface area contributed by atoms with Crippen molar-refractivity contribution in [2.45, 2.75) is 20.4 Å². The maximum atomic E-state index is 11.3. The standard InChI is InChI=1S/C9H14N2OS/c1-7(6-13)5-11-4-3-8(2)10-9(11)12/h3-4,7,13H,5-6H2,1-2H3. The Morgan fingerprint density at radius 1 is 1.69 bits per heavy atom. The van der Waals surface area contributed by atoms with E-state index in [1.807, 2.05) is 13.0 Å². The molecule has 0 aromatic carbocycles. The van der Waals surface area contributed by atoms with Gasteiger partial charge >= 0.3 is 5.69 Å². The van der Waals surface area contributed by atoms with Crippen LogP contribution in [0.15, 0.2) is 17.1 Å². The topological polar surface area (TPSA) is 34.9 Å². The van der Waals surface area contributed by atoms with Gasteiger partial charge in [-0.2, -0.15) is 17.6 Å². The summed E-state index contributed by atoms with van der Waals surface area (Å²) in [7, 11) is 0. The molecule has 4 heteroatoms. The Bertz CT molecular complexity index is 335. The third-order valence-electron chi connectivity index (χ3n) is 1.83. The predicted molar refractivity (Wildman–Crippen MR) is 56.3 cm³/mol. The lowest BCUT2D eigenvalue weighted by molar-refractivity contribution is 0.509. The fourth-order valence-electron chi connectivity index (χ4n) is 1.05. The molecule has 0 aliphatic rings. The van der Waals surface area contributed by atoms with Crippen LogP contribution >= 0.6 is 12.6 Å². The summed E-state index contributed by atoms with van der Waals surface area (Å²) < 4.78 is 1.62. The minimum atomic E-state index is -0.173. The Labute approximate surface area is 83.2 Å². The molecular weight excluding hydrogens is 184 g/mol. The van der Waals surface area contributed by atoms with Gasteiger partial charge in [-0.3, -0.25) is 4.57 Å². The van der Waals surface area contributed by atoms with Crippen LogP contribution in [0.3, 0.4) is 0 Å². The third-order valence-corrected chi connectivity index (χ3v) is 2.46. The molecule has 1 aromatic rings. The van der Waals surface area contributed by atoms with Gasteiger partial charge in [-0.25, -0.2) is 4.79 Å². The van der Waals surface area contributed by atoms with Gasteiger partial charge in [-0.15, -0.1) is 0 Å². The van der Waals surface area contributed by atoms with Crippen molar-refractivity contribution in [2.75, 3.05) is 5.75 Å². The fourth-order valence-corrected chi connectivity index (χ4v) is 1.16. The fraction of sp³-hybridized carbons (Fsp3) is 0.556. The van der Waals surface area contributed by atoms with Gasteiger partial charge in [0.15, 0.2) is 0 Å². The zero-order valence-electron chi connectivity index (χ0n) is 7.90. The van der Waals surface area contributed by atoms with Crippen LogP contribution in [0, 0.1) is 12.8 Å². The van der Waals surface area contributed by atoms with Crippen molar-refractivity contribution < 1.29 is 0 Å². The van der Waals surface area contributed by atoms with Crippen molar-refractivity contribution in [1.29, 1.82) is 0 Å². The van der Waals surface area contributed by atoms with Crippen molar-refractivity contribution in [2.24, 2.45) is 5.92 Å². The SMILES string of the molecule is Cc1ccn(CC(C)CS)c(=O)n1. The molecule has 0 radical (unpaired) electrons. The van der Waals surface area contributed by atoms with Crippen LogP contribution in [-0.2, 0) is 6.54 Å². The first kappa shape index (κ1) is 10.3. The van der Waals surface area contributed by atoms with Gasteiger partial charge < -0.3 is 0 Å². The molecule has 0 saturated heterocycles. The van der Waals surface area contributed by atoms with Crippen molar-refractivity contribution in [3.8, 4) is 0 Å². The van der Waals surface area contributed by atoms with Crippen molar-refractivity contribution in [3.63, 3.8) is 0 Å². The highest BCUT2D eigenvalue weighted by molar-refractivity contribution is 7.80. The summed E-state index contributed by atoms with van der Waals surface area (Å²) in [6, 6.07) is 1.84. The number of hydrogen-bond donors (Lipinski definition) is 1. The molecule has 0 amide bonds. The van der Waals surface area contributed by atoms with Crippen LogP contribution in [0.1, 0.15) is 12.6 Å². The van der Waals surface area contributed by atoms with Gasteiger partial charge in [0, 0.05) is 18.4 Å². The highest BCUT2D eigenvalue weighted by Gasteiger charge is 2.02. The molecule has 1 aromatic heterocycles. The maximum Gasteiger partial charge on any atom is 0.347 e. The average molecular weight is 198 g/mol. The van der Waals surface area contributed by atoms with Crippen LogP contribution in [-0.4, -0.2) is 15.3 Å². The smallest absolute Gasteiger partial charge is 0.299 e. The van der Waals surface area contributed by atoms with E-state index in [4.69, 9.17) is 0 Å². The molecular formula is C9H14N2OS. The third kappa shape index (κ3) is 2.88. The molecule has 0 saturated carbocycles. The van der Waals surface area contributed by atoms with E-state index in [1.165, 1.54) is 0 Å². The molecule has 72 valence electrons. The minimum Gasteiger partial charge on any atom is -0.299 e. The summed E-state index contributed by atoms with van der Waals surface area (Å²) in [5.74, 6) is 1.17. The Balaban J connectivity index is 2.84. The second-order valence-corrected chi connectivity index (χ2v) is 3.66. The lowest BCUT2D eigenvalue weighted by Crippen LogP contribution is -2.25. The number of hydrogen-bond acceptors (Lipinski definition) is 3. The Hall–Kier alpha value is -0.770. The van der Waals surface area contributed by atoms with Gasteiger partial charge in [0.25, 0.3) is 0 Å². The van der Waals surface area contributed by atoms with Crippen molar-refractivity contribution >= 4 is 12.6 Å². The number of aryl methyl sites for hydroxylation is 1. The summed E-state index contributed by atoms with van der Waals surface area (Å²) in [5.41, 5.74) is 0.591. The Kier molecular flexibility index (Phi) is 3.54. The zero-order valence-corrected chi connectivity index (χ0v) is 8.79. The first-order valence-corrected chi connectivity index (χ1v) is 4.91. The van der Waals surface area contributed by atoms with Crippen molar-refractivity contribution in [3.05, 3.63) is 28.4 Å². The van der Waals surface area contributed by atoms with Crippen LogP contribution in [0.5, 0.6) is 0 Å². The lowest BCUT2D eigenvalue weighted by Gasteiger charge is -2.09. The van der Waals surface area contributed by atoms with E-state index in [1.54, 1.807) is 10.8 Å². The van der Waals surface area contributed by atoms with E-state index in [-0.39, 0.29) is 5.69 Å². The molecule has 3 nitrogen and oxygen atoms in total. The largest absolute Gasteiger partial charge is 0.347 e. The van der Waals surface area contributed by atoms with E-state index in [9.17, 15) is 4.79 Å². The van der Waals surface area contributed by atoms with Crippen molar-refractivity contribution in [1.82, 2.24) is 9.55 Å². The van der Waals surface area contributed by atoms with E-state index < -0.39 is 0 Å². The second kappa shape index (κ2) is 4.46. The molecule has 0 aliphatic heterocycles. The van der Waals surface area contributed by atoms with Gasteiger partial charge in [-0.1, -0.05) is 6.92 Å². The van der Waals surface area contributed by atoms with Crippen LogP contribution < -0.4 is 5.69 Å². The maximum absolute atomic E-state index is 11.3. The molecule has 1 heterocycles. The number of nitrogens with zero attached hydrogens (tertiary/aromatic N) is 2. The molecule has 0 spiro atoms. The second-order valence-electron chi connectivity index (χ2n) is 3.29. The molecule has 0 fully saturated rings. The van der Waals surface area contributed by atoms with Gasteiger partial charge in [0.05, 0.1) is 0 Å². The molecule has 0 aliphatic carbocycles. The monoisotopic (exact) mass is 198 g/mol. The molecule has 13 heavy (non-hydrogen) atoms. The Morgan fingerprint density at radius 2 is 2.38 bits per heavy atom. The van der Waals surface area contributed by atoms with Gasteiger partial charge in [0.2, 0.25) is 0 Å². The number of thiol groups is 1. The normalized spacial score (nSPS) is 12.8. The van der Waals surface area contributed by atoms with E-state index in [2.05, 4.69) is 24.5 Å². The molecule has 0 N–H and O–H groups in total. The van der Waals surface area contributed by atoms with Gasteiger partial charge in [-0.05, 0) is 24.7 Å². The van der Waals surface area contributed by atoms with Crippen LogP contribution in [0.25, 0.3) is 0 Å². The summed E-state index contributed by atoms with van der Waals surface area (Å²) in [4.78, 5) is 15.2. The predicted octanol–water partition coefficient (Wildman–Crippen LogP) is 1.12. The molecule has 1 rings (SSSR count). The van der Waals surface area contributed by atoms with E-state index >= 15 is 0 Å². The number of aromatic nitrogens is 2. The van der Waals surface area contributed by atoms with Gasteiger partial charge in [0.1, 0.15) is 0 Å². The highest BCUT2D eigenvalue weighted by Crippen LogP contribution is 2.00. The summed E-state index contributed by atoms with van der Waals surface area (Å²) in [5, 5.41) is 0. The first-order chi connectivity index (χ1) is 6.13. The molecule has 0 bridgehead atoms. The Morgan fingerprint density at radius 3 is 2.92 bits per heavy atom. The van der Waals surface area contributed by atoms with E-state index in [0.29, 0.717) is 12.5 Å². The quantitative estimate of drug-likeness (QED) is 0.739.